The van der Waals surface area contributed by atoms with Crippen molar-refractivity contribution in [2.75, 3.05) is 11.5 Å². The Hall–Kier alpha value is -0.970. The Kier molecular flexibility index (Phi) is 7.81. The average molecular weight is 231 g/mol. The van der Waals surface area contributed by atoms with Gasteiger partial charge in [0.2, 0.25) is 5.91 Å². The molecule has 0 aromatic rings. The van der Waals surface area contributed by atoms with E-state index < -0.39 is 12.0 Å². The maximum absolute atomic E-state index is 11.3. The Morgan fingerprint density at radius 3 is 2.73 bits per heavy atom. The minimum atomic E-state index is -0.973. The van der Waals surface area contributed by atoms with E-state index in [0.717, 1.165) is 6.42 Å². The van der Waals surface area contributed by atoms with Gasteiger partial charge >= 0.3 is 5.97 Å². The standard InChI is InChI=1S/C10H17NO3S/c1-3-5-8(10(13)14)11-9(12)7-15-6-4-2/h4,8H,2-3,5-7H2,1H3,(H,11,12)(H,13,14). The van der Waals surface area contributed by atoms with E-state index >= 15 is 0 Å². The van der Waals surface area contributed by atoms with E-state index in [1.165, 1.54) is 11.8 Å². The number of carbonyl (C=O) groups is 2. The molecule has 0 aliphatic carbocycles. The van der Waals surface area contributed by atoms with Crippen molar-refractivity contribution >= 4 is 23.6 Å². The molecule has 0 aliphatic rings. The number of carboxylic acid groups (broad SMARTS) is 1. The second kappa shape index (κ2) is 8.35. The van der Waals surface area contributed by atoms with Gasteiger partial charge in [0.05, 0.1) is 5.75 Å². The third kappa shape index (κ3) is 7.02. The van der Waals surface area contributed by atoms with Gasteiger partial charge in [-0.1, -0.05) is 19.4 Å². The summed E-state index contributed by atoms with van der Waals surface area (Å²) >= 11 is 1.41. The number of amides is 1. The van der Waals surface area contributed by atoms with Gasteiger partial charge in [-0.25, -0.2) is 4.79 Å². The molecule has 4 nitrogen and oxygen atoms in total. The highest BCUT2D eigenvalue weighted by Crippen LogP contribution is 2.01. The van der Waals surface area contributed by atoms with Gasteiger partial charge in [0.15, 0.2) is 0 Å². The van der Waals surface area contributed by atoms with Gasteiger partial charge in [-0.3, -0.25) is 4.79 Å². The Bertz CT molecular complexity index is 231. The molecule has 0 saturated heterocycles. The molecule has 5 heteroatoms. The van der Waals surface area contributed by atoms with Crippen LogP contribution in [-0.4, -0.2) is 34.5 Å². The number of thioether (sulfide) groups is 1. The zero-order chi connectivity index (χ0) is 11.7. The van der Waals surface area contributed by atoms with E-state index in [4.69, 9.17) is 5.11 Å². The van der Waals surface area contributed by atoms with Crippen LogP contribution in [0.15, 0.2) is 12.7 Å². The van der Waals surface area contributed by atoms with E-state index in [1.807, 2.05) is 6.92 Å². The van der Waals surface area contributed by atoms with Crippen molar-refractivity contribution in [3.05, 3.63) is 12.7 Å². The first-order valence-corrected chi connectivity index (χ1v) is 5.98. The summed E-state index contributed by atoms with van der Waals surface area (Å²) in [5.74, 6) is -0.236. The summed E-state index contributed by atoms with van der Waals surface area (Å²) in [6.45, 7) is 5.41. The lowest BCUT2D eigenvalue weighted by atomic mass is 10.2. The SMILES string of the molecule is C=CCSCC(=O)NC(CCC)C(=O)O. The number of carboxylic acids is 1. The first-order valence-electron chi connectivity index (χ1n) is 4.82. The van der Waals surface area contributed by atoms with Crippen LogP contribution in [0.25, 0.3) is 0 Å². The molecule has 0 spiro atoms. The predicted octanol–water partition coefficient (Wildman–Crippen LogP) is 1.28. The summed E-state index contributed by atoms with van der Waals surface area (Å²) in [4.78, 5) is 22.0. The molecule has 0 heterocycles. The Labute approximate surface area is 94.1 Å². The van der Waals surface area contributed by atoms with E-state index in [1.54, 1.807) is 6.08 Å². The van der Waals surface area contributed by atoms with Crippen molar-refractivity contribution in [2.45, 2.75) is 25.8 Å². The smallest absolute Gasteiger partial charge is 0.326 e. The summed E-state index contributed by atoms with van der Waals surface area (Å²) in [6, 6.07) is -0.758. The van der Waals surface area contributed by atoms with Gasteiger partial charge in [-0.05, 0) is 6.42 Å². The number of carbonyl (C=O) groups excluding carboxylic acids is 1. The quantitative estimate of drug-likeness (QED) is 0.488. The molecule has 1 atom stereocenters. The Morgan fingerprint density at radius 1 is 1.60 bits per heavy atom. The van der Waals surface area contributed by atoms with Crippen LogP contribution in [0, 0.1) is 0 Å². The van der Waals surface area contributed by atoms with Crippen LogP contribution >= 0.6 is 11.8 Å². The maximum Gasteiger partial charge on any atom is 0.326 e. The lowest BCUT2D eigenvalue weighted by molar-refractivity contribution is -0.141. The van der Waals surface area contributed by atoms with Gasteiger partial charge in [0, 0.05) is 5.75 Å². The molecule has 0 fully saturated rings. The van der Waals surface area contributed by atoms with Gasteiger partial charge in [0.25, 0.3) is 0 Å². The van der Waals surface area contributed by atoms with E-state index in [9.17, 15) is 9.59 Å². The molecule has 0 aliphatic heterocycles. The lowest BCUT2D eigenvalue weighted by Crippen LogP contribution is -2.41. The molecule has 1 unspecified atom stereocenters. The van der Waals surface area contributed by atoms with Crippen LogP contribution in [0.1, 0.15) is 19.8 Å². The highest BCUT2D eigenvalue weighted by atomic mass is 32.2. The Morgan fingerprint density at radius 2 is 2.27 bits per heavy atom. The van der Waals surface area contributed by atoms with Crippen molar-refractivity contribution in [3.63, 3.8) is 0 Å². The minimum Gasteiger partial charge on any atom is -0.480 e. The fourth-order valence-corrected chi connectivity index (χ4v) is 1.57. The largest absolute Gasteiger partial charge is 0.480 e. The molecule has 0 bridgehead atoms. The summed E-state index contributed by atoms with van der Waals surface area (Å²) in [6.07, 6.45) is 2.91. The van der Waals surface area contributed by atoms with Gasteiger partial charge in [-0.2, -0.15) is 0 Å². The third-order valence-electron chi connectivity index (χ3n) is 1.68. The highest BCUT2D eigenvalue weighted by Gasteiger charge is 2.18. The first-order chi connectivity index (χ1) is 7.11. The second-order valence-electron chi connectivity index (χ2n) is 3.05. The third-order valence-corrected chi connectivity index (χ3v) is 2.62. The number of hydrogen-bond donors (Lipinski definition) is 2. The molecule has 0 aromatic heterocycles. The zero-order valence-corrected chi connectivity index (χ0v) is 9.68. The number of rotatable bonds is 8. The van der Waals surface area contributed by atoms with Gasteiger partial charge in [0.1, 0.15) is 6.04 Å². The first kappa shape index (κ1) is 14.0. The van der Waals surface area contributed by atoms with Crippen molar-refractivity contribution in [2.24, 2.45) is 0 Å². The maximum atomic E-state index is 11.3. The van der Waals surface area contributed by atoms with Crippen LogP contribution < -0.4 is 5.32 Å². The number of aliphatic carboxylic acids is 1. The average Bonchev–Trinajstić information content (AvgIpc) is 2.17. The normalized spacial score (nSPS) is 11.8. The monoisotopic (exact) mass is 231 g/mol. The van der Waals surface area contributed by atoms with Crippen LogP contribution in [0.3, 0.4) is 0 Å². The predicted molar refractivity (Wildman–Crippen MR) is 62.0 cm³/mol. The van der Waals surface area contributed by atoms with Crippen molar-refractivity contribution < 1.29 is 14.7 Å². The van der Waals surface area contributed by atoms with Crippen LogP contribution in [0.2, 0.25) is 0 Å². The minimum absolute atomic E-state index is 0.234. The molecule has 0 rings (SSSR count). The second-order valence-corrected chi connectivity index (χ2v) is 4.08. The molecule has 86 valence electrons. The van der Waals surface area contributed by atoms with E-state index in [-0.39, 0.29) is 11.7 Å². The fraction of sp³-hybridized carbons (Fsp3) is 0.600. The van der Waals surface area contributed by atoms with Crippen molar-refractivity contribution in [1.29, 1.82) is 0 Å². The molecule has 0 aromatic carbocycles. The van der Waals surface area contributed by atoms with Crippen LogP contribution in [0.5, 0.6) is 0 Å². The fourth-order valence-electron chi connectivity index (χ4n) is 1.02. The summed E-state index contributed by atoms with van der Waals surface area (Å²) in [5, 5.41) is 11.3. The molecular weight excluding hydrogens is 214 g/mol. The van der Waals surface area contributed by atoms with E-state index in [2.05, 4.69) is 11.9 Å². The van der Waals surface area contributed by atoms with Crippen molar-refractivity contribution in [3.8, 4) is 0 Å². The molecule has 15 heavy (non-hydrogen) atoms. The zero-order valence-electron chi connectivity index (χ0n) is 8.86. The molecular formula is C10H17NO3S. The van der Waals surface area contributed by atoms with Crippen LogP contribution in [-0.2, 0) is 9.59 Å². The van der Waals surface area contributed by atoms with Crippen LogP contribution in [0.4, 0.5) is 0 Å². The molecule has 0 saturated carbocycles. The summed E-state index contributed by atoms with van der Waals surface area (Å²) in [5.41, 5.74) is 0. The Balaban J connectivity index is 3.88. The highest BCUT2D eigenvalue weighted by molar-refractivity contribution is 8.00. The van der Waals surface area contributed by atoms with Gasteiger partial charge < -0.3 is 10.4 Å². The summed E-state index contributed by atoms with van der Waals surface area (Å²) < 4.78 is 0. The van der Waals surface area contributed by atoms with E-state index in [0.29, 0.717) is 12.2 Å². The lowest BCUT2D eigenvalue weighted by Gasteiger charge is -2.12. The number of nitrogens with one attached hydrogen (secondary N) is 1. The van der Waals surface area contributed by atoms with Crippen molar-refractivity contribution in [1.82, 2.24) is 5.32 Å². The molecule has 0 radical (unpaired) electrons. The topological polar surface area (TPSA) is 66.4 Å². The summed E-state index contributed by atoms with van der Waals surface area (Å²) in [7, 11) is 0. The van der Waals surface area contributed by atoms with Gasteiger partial charge in [-0.15, -0.1) is 18.3 Å². The number of hydrogen-bond acceptors (Lipinski definition) is 3. The molecule has 2 N–H and O–H groups in total. The molecule has 1 amide bonds.